The highest BCUT2D eigenvalue weighted by Gasteiger charge is 1.98. The van der Waals surface area contributed by atoms with Gasteiger partial charge in [0.25, 0.3) is 0 Å². The van der Waals surface area contributed by atoms with Gasteiger partial charge in [-0.25, -0.2) is 0 Å². The summed E-state index contributed by atoms with van der Waals surface area (Å²) in [5, 5.41) is 3.02. The quantitative estimate of drug-likeness (QED) is 0.291. The molecule has 0 fully saturated rings. The van der Waals surface area contributed by atoms with Gasteiger partial charge in [0, 0.05) is 24.5 Å². The molecule has 0 unspecified atom stereocenters. The van der Waals surface area contributed by atoms with E-state index >= 15 is 0 Å². The summed E-state index contributed by atoms with van der Waals surface area (Å²) in [6.07, 6.45) is 2.52. The van der Waals surface area contributed by atoms with Crippen LogP contribution in [0, 0.1) is 0 Å². The smallest absolute Gasteiger partial charge is 0.191 e. The lowest BCUT2D eigenvalue weighted by molar-refractivity contribution is -0.110. The average Bonchev–Trinajstić information content (AvgIpc) is 2.34. The molecule has 0 rings (SSSR count). The lowest BCUT2D eigenvalue weighted by atomic mass is 10.3. The number of nitrogens with one attached hydrogen (secondary N) is 1. The van der Waals surface area contributed by atoms with Gasteiger partial charge >= 0.3 is 0 Å². The third-order valence-electron chi connectivity index (χ3n) is 2.60. The third kappa shape index (κ3) is 15.5. The predicted molar refractivity (Wildman–Crippen MR) is 95.3 cm³/mol. The molecule has 0 aromatic rings. The van der Waals surface area contributed by atoms with Gasteiger partial charge in [0.1, 0.15) is 0 Å². The number of rotatable bonds is 12. The molecule has 7 heteroatoms. The van der Waals surface area contributed by atoms with Crippen molar-refractivity contribution in [3.8, 4) is 0 Å². The van der Waals surface area contributed by atoms with Gasteiger partial charge in [0.05, 0.1) is 12.8 Å². The number of nitrogens with zero attached hydrogens (tertiary/aromatic N) is 2. The molecule has 0 spiro atoms. The fraction of sp³-hybridized carbons (Fsp3) is 0.714. The second kappa shape index (κ2) is 13.0. The van der Waals surface area contributed by atoms with Crippen molar-refractivity contribution in [1.29, 1.82) is 0 Å². The van der Waals surface area contributed by atoms with Crippen LogP contribution in [0.25, 0.3) is 0 Å². The summed E-state index contributed by atoms with van der Waals surface area (Å²) < 4.78 is 0. The summed E-state index contributed by atoms with van der Waals surface area (Å²) in [7, 11) is 0. The molecule has 0 heterocycles. The van der Waals surface area contributed by atoms with Gasteiger partial charge in [-0.15, -0.1) is 25.3 Å². The van der Waals surface area contributed by atoms with Gasteiger partial charge in [-0.1, -0.05) is 0 Å². The second-order valence-electron chi connectivity index (χ2n) is 4.83. The van der Waals surface area contributed by atoms with E-state index in [2.05, 4.69) is 40.6 Å². The molecule has 0 aromatic heterocycles. The molecule has 0 aliphatic heterocycles. The van der Waals surface area contributed by atoms with Gasteiger partial charge in [0.2, 0.25) is 0 Å². The lowest BCUT2D eigenvalue weighted by Gasteiger charge is -2.03. The third-order valence-corrected chi connectivity index (χ3v) is 2.92. The molecular formula is C14H25N3O2S2. The Bertz CT molecular complexity index is 360. The first-order valence-corrected chi connectivity index (χ1v) is 7.95. The average molecular weight is 332 g/mol. The van der Waals surface area contributed by atoms with Crippen molar-refractivity contribution in [3.05, 3.63) is 0 Å². The van der Waals surface area contributed by atoms with Crippen LogP contribution in [0.15, 0.2) is 9.98 Å². The highest BCUT2D eigenvalue weighted by Crippen LogP contribution is 1.94. The number of carbonyl (C=O) groups is 2. The van der Waals surface area contributed by atoms with Crippen LogP contribution in [0.4, 0.5) is 0 Å². The van der Waals surface area contributed by atoms with E-state index in [4.69, 9.17) is 0 Å². The van der Waals surface area contributed by atoms with Crippen molar-refractivity contribution in [2.75, 3.05) is 26.2 Å². The molecule has 21 heavy (non-hydrogen) atoms. The van der Waals surface area contributed by atoms with E-state index in [1.807, 2.05) is 13.8 Å². The number of hydrogen-bond acceptors (Lipinski definition) is 5. The minimum atomic E-state index is -0.148. The molecule has 0 saturated heterocycles. The van der Waals surface area contributed by atoms with Crippen molar-refractivity contribution < 1.29 is 9.59 Å². The van der Waals surface area contributed by atoms with Crippen LogP contribution in [0.3, 0.4) is 0 Å². The van der Waals surface area contributed by atoms with Crippen LogP contribution in [0.5, 0.6) is 0 Å². The van der Waals surface area contributed by atoms with E-state index in [-0.39, 0.29) is 10.2 Å². The molecule has 0 atom stereocenters. The van der Waals surface area contributed by atoms with Crippen LogP contribution >= 0.6 is 25.3 Å². The SMILES string of the molecule is CC(CC(=O)S)=NCCCNCCCN=C(C)CC(=O)S. The Morgan fingerprint density at radius 1 is 0.857 bits per heavy atom. The van der Waals surface area contributed by atoms with Gasteiger partial charge in [-0.05, 0) is 39.8 Å². The van der Waals surface area contributed by atoms with E-state index in [1.54, 1.807) is 0 Å². The summed E-state index contributed by atoms with van der Waals surface area (Å²) in [5.74, 6) is 0. The van der Waals surface area contributed by atoms with Crippen LogP contribution in [-0.2, 0) is 9.59 Å². The number of aliphatic imine (C=N–C) groups is 2. The maximum absolute atomic E-state index is 10.7. The largest absolute Gasteiger partial charge is 0.317 e. The fourth-order valence-electron chi connectivity index (χ4n) is 1.62. The van der Waals surface area contributed by atoms with Crippen LogP contribution in [0.1, 0.15) is 39.5 Å². The Kier molecular flexibility index (Phi) is 12.6. The first-order chi connectivity index (χ1) is 9.91. The second-order valence-corrected chi connectivity index (χ2v) is 5.83. The summed E-state index contributed by atoms with van der Waals surface area (Å²) in [6, 6.07) is 0. The van der Waals surface area contributed by atoms with Gasteiger partial charge in [-0.3, -0.25) is 19.6 Å². The molecule has 0 aromatic carbocycles. The van der Waals surface area contributed by atoms with Crippen LogP contribution in [-0.4, -0.2) is 47.8 Å². The molecule has 0 amide bonds. The highest BCUT2D eigenvalue weighted by atomic mass is 32.1. The van der Waals surface area contributed by atoms with Crippen molar-refractivity contribution >= 4 is 46.9 Å². The summed E-state index contributed by atoms with van der Waals surface area (Å²) in [4.78, 5) is 30.1. The Morgan fingerprint density at radius 2 is 1.24 bits per heavy atom. The zero-order valence-corrected chi connectivity index (χ0v) is 14.6. The summed E-state index contributed by atoms with van der Waals surface area (Å²) >= 11 is 7.43. The van der Waals surface area contributed by atoms with Crippen molar-refractivity contribution in [3.63, 3.8) is 0 Å². The standard InChI is InChI=1S/C14H25N3O2S2/c1-11(9-13(18)20)16-7-3-5-15-6-4-8-17-12(2)10-14(19)21/h15H,3-10H2,1-2H3,(H,18,20)(H,19,21). The molecule has 1 N–H and O–H groups in total. The fourth-order valence-corrected chi connectivity index (χ4v) is 2.08. The summed E-state index contributed by atoms with van der Waals surface area (Å²) in [5.41, 5.74) is 1.66. The van der Waals surface area contributed by atoms with Crippen LogP contribution < -0.4 is 5.32 Å². The zero-order chi connectivity index (χ0) is 16.1. The Morgan fingerprint density at radius 3 is 1.57 bits per heavy atom. The van der Waals surface area contributed by atoms with E-state index in [1.165, 1.54) is 0 Å². The topological polar surface area (TPSA) is 70.9 Å². The number of hydrogen-bond donors (Lipinski definition) is 3. The van der Waals surface area contributed by atoms with E-state index in [0.717, 1.165) is 50.4 Å². The van der Waals surface area contributed by atoms with Gasteiger partial charge in [-0.2, -0.15) is 0 Å². The van der Waals surface area contributed by atoms with Crippen molar-refractivity contribution in [2.24, 2.45) is 9.98 Å². The Labute approximate surface area is 137 Å². The first-order valence-electron chi connectivity index (χ1n) is 7.06. The molecule has 120 valence electrons. The van der Waals surface area contributed by atoms with Crippen molar-refractivity contribution in [2.45, 2.75) is 39.5 Å². The van der Waals surface area contributed by atoms with Gasteiger partial charge in [0.15, 0.2) is 10.2 Å². The molecule has 0 radical (unpaired) electrons. The number of carbonyl (C=O) groups excluding carboxylic acids is 2. The Hall–Kier alpha value is -0.660. The molecule has 0 aliphatic carbocycles. The van der Waals surface area contributed by atoms with Gasteiger partial charge < -0.3 is 5.32 Å². The first kappa shape index (κ1) is 20.3. The molecule has 0 saturated carbocycles. The highest BCUT2D eigenvalue weighted by molar-refractivity contribution is 7.96. The van der Waals surface area contributed by atoms with E-state index in [0.29, 0.717) is 12.8 Å². The zero-order valence-electron chi connectivity index (χ0n) is 12.8. The maximum Gasteiger partial charge on any atom is 0.191 e. The van der Waals surface area contributed by atoms with Crippen LogP contribution in [0.2, 0.25) is 0 Å². The van der Waals surface area contributed by atoms with E-state index < -0.39 is 0 Å². The monoisotopic (exact) mass is 331 g/mol. The minimum Gasteiger partial charge on any atom is -0.317 e. The minimum absolute atomic E-state index is 0.148. The lowest BCUT2D eigenvalue weighted by Crippen LogP contribution is -2.18. The predicted octanol–water partition coefficient (Wildman–Crippen LogP) is 1.97. The molecular weight excluding hydrogens is 306 g/mol. The number of thiol groups is 2. The molecule has 5 nitrogen and oxygen atoms in total. The Balaban J connectivity index is 3.49. The maximum atomic E-state index is 10.7. The molecule has 0 bridgehead atoms. The van der Waals surface area contributed by atoms with E-state index in [9.17, 15) is 9.59 Å². The molecule has 0 aliphatic rings. The summed E-state index contributed by atoms with van der Waals surface area (Å²) in [6.45, 7) is 6.92. The normalized spacial score (nSPS) is 12.6. The van der Waals surface area contributed by atoms with Crippen molar-refractivity contribution in [1.82, 2.24) is 5.32 Å².